The van der Waals surface area contributed by atoms with Gasteiger partial charge in [-0.15, -0.1) is 6.58 Å². The first-order chi connectivity index (χ1) is 14.9. The highest BCUT2D eigenvalue weighted by molar-refractivity contribution is 5.89. The zero-order chi connectivity index (χ0) is 22.8. The average molecular weight is 426 g/mol. The molecule has 0 saturated heterocycles. The maximum absolute atomic E-state index is 13.5. The minimum absolute atomic E-state index is 0.100. The van der Waals surface area contributed by atoms with Gasteiger partial charge in [0, 0.05) is 30.1 Å². The summed E-state index contributed by atoms with van der Waals surface area (Å²) in [5, 5.41) is 10.1. The number of hydrogen-bond donors (Lipinski definition) is 1. The number of methoxy groups -OCH3 is 1. The Balaban J connectivity index is 2.40. The van der Waals surface area contributed by atoms with Crippen LogP contribution in [0.2, 0.25) is 0 Å². The molecule has 2 rings (SSSR count). The van der Waals surface area contributed by atoms with Crippen molar-refractivity contribution in [2.24, 2.45) is 5.92 Å². The van der Waals surface area contributed by atoms with Crippen LogP contribution in [0.3, 0.4) is 0 Å². The predicted molar refractivity (Wildman–Crippen MR) is 119 cm³/mol. The molecule has 2 aromatic rings. The third-order valence-electron chi connectivity index (χ3n) is 5.06. The molecule has 0 bridgehead atoms. The summed E-state index contributed by atoms with van der Waals surface area (Å²) in [5.41, 5.74) is 1.84. The van der Waals surface area contributed by atoms with Crippen LogP contribution in [0, 0.1) is 17.2 Å². The molecule has 7 heteroatoms. The average Bonchev–Trinajstić information content (AvgIpc) is 3.17. The first-order valence-corrected chi connectivity index (χ1v) is 10.5. The lowest BCUT2D eigenvalue weighted by Crippen LogP contribution is -2.51. The molecule has 2 atom stereocenters. The van der Waals surface area contributed by atoms with Gasteiger partial charge in [0.15, 0.2) is 0 Å². The van der Waals surface area contributed by atoms with Gasteiger partial charge in [0.1, 0.15) is 12.1 Å². The minimum Gasteiger partial charge on any atom is -0.467 e. The highest BCUT2D eigenvalue weighted by Gasteiger charge is 2.35. The molecule has 0 spiro atoms. The molecular formula is C24H31N3O4. The number of para-hydroxylation sites is 1. The fraction of sp³-hybridized carbons (Fsp3) is 0.458. The van der Waals surface area contributed by atoms with Crippen molar-refractivity contribution >= 4 is 22.8 Å². The number of nitriles is 1. The van der Waals surface area contributed by atoms with Crippen molar-refractivity contribution in [1.29, 1.82) is 5.26 Å². The van der Waals surface area contributed by atoms with Gasteiger partial charge in [0.25, 0.3) is 5.91 Å². The van der Waals surface area contributed by atoms with Crippen molar-refractivity contribution in [2.75, 3.05) is 20.3 Å². The van der Waals surface area contributed by atoms with Gasteiger partial charge in [0.2, 0.25) is 0 Å². The van der Waals surface area contributed by atoms with Gasteiger partial charge >= 0.3 is 5.97 Å². The van der Waals surface area contributed by atoms with Gasteiger partial charge in [0.05, 0.1) is 26.2 Å². The Morgan fingerprint density at radius 1 is 1.32 bits per heavy atom. The Morgan fingerprint density at radius 2 is 2.06 bits per heavy atom. The Morgan fingerprint density at radius 3 is 2.71 bits per heavy atom. The Bertz CT molecular complexity index is 928. The largest absolute Gasteiger partial charge is 0.467 e. The molecule has 1 heterocycles. The van der Waals surface area contributed by atoms with Crippen molar-refractivity contribution in [3.8, 4) is 6.07 Å². The molecule has 7 nitrogen and oxygen atoms in total. The number of amides is 1. The lowest BCUT2D eigenvalue weighted by molar-refractivity contribution is -0.158. The molecule has 1 amide bonds. The van der Waals surface area contributed by atoms with Crippen LogP contribution >= 0.6 is 0 Å². The molecule has 0 aliphatic carbocycles. The molecule has 0 fully saturated rings. The summed E-state index contributed by atoms with van der Waals surface area (Å²) in [6.45, 7) is 7.99. The number of aromatic nitrogens is 1. The van der Waals surface area contributed by atoms with E-state index in [1.54, 1.807) is 6.08 Å². The standard InChI is InChI=1S/C24H31N3O4/c1-5-13-31-22(14-17(2)3)23(28)27(12-8-11-25)21(24(29)30-4)15-18-16-26-20-10-7-6-9-19(18)20/h5-7,9-10,16-17,21-22,26H,1,8,12-15H2,2-4H3. The normalized spacial score (nSPS) is 12.9. The number of fused-ring (bicyclic) bond motifs is 1. The van der Waals surface area contributed by atoms with Gasteiger partial charge in [-0.3, -0.25) is 4.79 Å². The van der Waals surface area contributed by atoms with E-state index in [4.69, 9.17) is 14.7 Å². The lowest BCUT2D eigenvalue weighted by atomic mass is 10.0. The topological polar surface area (TPSA) is 95.4 Å². The summed E-state index contributed by atoms with van der Waals surface area (Å²) in [6.07, 6.45) is 3.56. The number of nitrogens with zero attached hydrogens (tertiary/aromatic N) is 2. The SMILES string of the molecule is C=CCOC(CC(C)C)C(=O)N(CCC#N)C(Cc1c[nH]c2ccccc12)C(=O)OC. The van der Waals surface area contributed by atoms with Crippen LogP contribution in [-0.4, -0.2) is 54.2 Å². The first-order valence-electron chi connectivity index (χ1n) is 10.5. The summed E-state index contributed by atoms with van der Waals surface area (Å²) >= 11 is 0. The van der Waals surface area contributed by atoms with E-state index in [0.29, 0.717) is 6.42 Å². The van der Waals surface area contributed by atoms with Crippen molar-refractivity contribution < 1.29 is 19.1 Å². The van der Waals surface area contributed by atoms with Gasteiger partial charge < -0.3 is 19.4 Å². The molecule has 0 aliphatic rings. The number of esters is 1. The molecule has 0 radical (unpaired) electrons. The number of carbonyl (C=O) groups excluding carboxylic acids is 2. The fourth-order valence-corrected chi connectivity index (χ4v) is 3.59. The molecule has 1 aromatic carbocycles. The van der Waals surface area contributed by atoms with E-state index in [1.165, 1.54) is 12.0 Å². The van der Waals surface area contributed by atoms with Gasteiger partial charge in [-0.05, 0) is 24.0 Å². The quantitative estimate of drug-likeness (QED) is 0.414. The number of H-pyrrole nitrogens is 1. The number of nitrogens with one attached hydrogen (secondary N) is 1. The van der Waals surface area contributed by atoms with Gasteiger partial charge in [-0.1, -0.05) is 38.1 Å². The van der Waals surface area contributed by atoms with Crippen LogP contribution in [0.4, 0.5) is 0 Å². The smallest absolute Gasteiger partial charge is 0.328 e. The molecule has 2 unspecified atom stereocenters. The first kappa shape index (κ1) is 24.2. The van der Waals surface area contributed by atoms with E-state index in [0.717, 1.165) is 16.5 Å². The van der Waals surface area contributed by atoms with Crippen LogP contribution in [0.5, 0.6) is 0 Å². The summed E-state index contributed by atoms with van der Waals surface area (Å²) in [7, 11) is 1.30. The van der Waals surface area contributed by atoms with E-state index in [9.17, 15) is 9.59 Å². The molecule has 1 N–H and O–H groups in total. The number of carbonyl (C=O) groups is 2. The van der Waals surface area contributed by atoms with E-state index in [-0.39, 0.29) is 37.8 Å². The zero-order valence-electron chi connectivity index (χ0n) is 18.5. The minimum atomic E-state index is -0.868. The highest BCUT2D eigenvalue weighted by Crippen LogP contribution is 2.23. The number of rotatable bonds is 12. The molecule has 0 aliphatic heterocycles. The van der Waals surface area contributed by atoms with Crippen LogP contribution in [0.1, 0.15) is 32.3 Å². The van der Waals surface area contributed by atoms with E-state index in [1.807, 2.05) is 44.3 Å². The van der Waals surface area contributed by atoms with Crippen molar-refractivity contribution in [2.45, 2.75) is 45.3 Å². The maximum Gasteiger partial charge on any atom is 0.328 e. The lowest BCUT2D eigenvalue weighted by Gasteiger charge is -2.33. The molecular weight excluding hydrogens is 394 g/mol. The second-order valence-electron chi connectivity index (χ2n) is 7.78. The van der Waals surface area contributed by atoms with Crippen LogP contribution < -0.4 is 0 Å². The van der Waals surface area contributed by atoms with E-state index in [2.05, 4.69) is 17.6 Å². The second-order valence-corrected chi connectivity index (χ2v) is 7.78. The molecule has 31 heavy (non-hydrogen) atoms. The molecule has 0 saturated carbocycles. The number of aromatic amines is 1. The zero-order valence-corrected chi connectivity index (χ0v) is 18.5. The number of ether oxygens (including phenoxy) is 2. The monoisotopic (exact) mass is 425 g/mol. The summed E-state index contributed by atoms with van der Waals surface area (Å²) in [6, 6.07) is 8.96. The van der Waals surface area contributed by atoms with Gasteiger partial charge in [-0.2, -0.15) is 5.26 Å². The molecule has 166 valence electrons. The van der Waals surface area contributed by atoms with Crippen molar-refractivity contribution in [1.82, 2.24) is 9.88 Å². The van der Waals surface area contributed by atoms with E-state index < -0.39 is 18.1 Å². The van der Waals surface area contributed by atoms with E-state index >= 15 is 0 Å². The third kappa shape index (κ3) is 6.43. The van der Waals surface area contributed by atoms with Crippen LogP contribution in [0.25, 0.3) is 10.9 Å². The maximum atomic E-state index is 13.5. The summed E-state index contributed by atoms with van der Waals surface area (Å²) in [4.78, 5) is 30.9. The fourth-order valence-electron chi connectivity index (χ4n) is 3.59. The Hall–Kier alpha value is -3.11. The number of hydrogen-bond acceptors (Lipinski definition) is 5. The van der Waals surface area contributed by atoms with Crippen LogP contribution in [-0.2, 0) is 25.5 Å². The van der Waals surface area contributed by atoms with Crippen LogP contribution in [0.15, 0.2) is 43.1 Å². The summed E-state index contributed by atoms with van der Waals surface area (Å²) < 4.78 is 10.8. The third-order valence-corrected chi connectivity index (χ3v) is 5.06. The molecule has 1 aromatic heterocycles. The summed E-state index contributed by atoms with van der Waals surface area (Å²) in [5.74, 6) is -0.633. The number of benzene rings is 1. The second kappa shape index (κ2) is 11.9. The Kier molecular flexibility index (Phi) is 9.29. The highest BCUT2D eigenvalue weighted by atomic mass is 16.5. The predicted octanol–water partition coefficient (Wildman–Crippen LogP) is 3.61. The van der Waals surface area contributed by atoms with Crippen molar-refractivity contribution in [3.63, 3.8) is 0 Å². The Labute approximate surface area is 183 Å². The van der Waals surface area contributed by atoms with Crippen molar-refractivity contribution in [3.05, 3.63) is 48.7 Å². The van der Waals surface area contributed by atoms with Gasteiger partial charge in [-0.25, -0.2) is 4.79 Å².